The van der Waals surface area contributed by atoms with E-state index in [2.05, 4.69) is 0 Å². The molecule has 1 aliphatic rings. The van der Waals surface area contributed by atoms with E-state index in [1.165, 1.54) is 0 Å². The molecule has 1 aromatic carbocycles. The predicted molar refractivity (Wildman–Crippen MR) is 60.3 cm³/mol. The molecule has 0 aliphatic carbocycles. The van der Waals surface area contributed by atoms with Gasteiger partial charge in [0.1, 0.15) is 5.60 Å². The molecule has 2 atom stereocenters. The van der Waals surface area contributed by atoms with Crippen molar-refractivity contribution in [3.8, 4) is 0 Å². The number of esters is 1. The molecule has 1 aliphatic heterocycles. The summed E-state index contributed by atoms with van der Waals surface area (Å²) < 4.78 is 10.3. The van der Waals surface area contributed by atoms with Gasteiger partial charge in [-0.05, 0) is 31.5 Å². The van der Waals surface area contributed by atoms with Crippen molar-refractivity contribution >= 4 is 17.6 Å². The van der Waals surface area contributed by atoms with E-state index < -0.39 is 11.7 Å². The molecule has 4 heteroatoms. The molecular formula is C12H13ClO3. The second-order valence-corrected chi connectivity index (χ2v) is 4.30. The quantitative estimate of drug-likeness (QED) is 0.602. The van der Waals surface area contributed by atoms with Crippen molar-refractivity contribution in [3.05, 3.63) is 34.9 Å². The Kier molecular flexibility index (Phi) is 2.91. The monoisotopic (exact) mass is 240 g/mol. The highest BCUT2D eigenvalue weighted by Gasteiger charge is 2.59. The van der Waals surface area contributed by atoms with Crippen LogP contribution in [0.4, 0.5) is 0 Å². The van der Waals surface area contributed by atoms with Gasteiger partial charge in [-0.2, -0.15) is 0 Å². The molecule has 1 fully saturated rings. The van der Waals surface area contributed by atoms with E-state index in [9.17, 15) is 4.79 Å². The number of hydrogen-bond donors (Lipinski definition) is 0. The Labute approximate surface area is 99.3 Å². The fourth-order valence-electron chi connectivity index (χ4n) is 1.70. The lowest BCUT2D eigenvalue weighted by molar-refractivity contribution is -0.144. The average Bonchev–Trinajstić information content (AvgIpc) is 2.93. The van der Waals surface area contributed by atoms with Gasteiger partial charge in [-0.3, -0.25) is 0 Å². The Balaban J connectivity index is 2.12. The third-order valence-corrected chi connectivity index (χ3v) is 2.98. The van der Waals surface area contributed by atoms with Gasteiger partial charge in [-0.15, -0.1) is 0 Å². The van der Waals surface area contributed by atoms with Crippen LogP contribution < -0.4 is 0 Å². The first kappa shape index (κ1) is 11.4. The molecule has 0 radical (unpaired) electrons. The average molecular weight is 241 g/mol. The number of ether oxygens (including phenoxy) is 2. The molecule has 0 spiro atoms. The van der Waals surface area contributed by atoms with Gasteiger partial charge < -0.3 is 9.47 Å². The molecule has 0 N–H and O–H groups in total. The van der Waals surface area contributed by atoms with Crippen LogP contribution in [-0.2, 0) is 19.9 Å². The number of carbonyl (C=O) groups is 1. The highest BCUT2D eigenvalue weighted by atomic mass is 35.5. The van der Waals surface area contributed by atoms with Crippen LogP contribution in [-0.4, -0.2) is 18.7 Å². The van der Waals surface area contributed by atoms with Crippen molar-refractivity contribution in [3.63, 3.8) is 0 Å². The predicted octanol–water partition coefficient (Wildman–Crippen LogP) is 2.52. The lowest BCUT2D eigenvalue weighted by Gasteiger charge is -2.06. The van der Waals surface area contributed by atoms with E-state index in [1.807, 2.05) is 19.1 Å². The molecule has 86 valence electrons. The SMILES string of the molecule is CCOC(=O)[C@@H]1O[C@]1(C)c1ccc(Cl)cc1. The molecule has 1 heterocycles. The number of halogens is 1. The van der Waals surface area contributed by atoms with Gasteiger partial charge in [0.15, 0.2) is 6.10 Å². The minimum atomic E-state index is -0.559. The van der Waals surface area contributed by atoms with Gasteiger partial charge in [0, 0.05) is 5.02 Å². The van der Waals surface area contributed by atoms with Gasteiger partial charge in [0.05, 0.1) is 6.61 Å². The first-order valence-corrected chi connectivity index (χ1v) is 5.56. The first-order chi connectivity index (χ1) is 7.58. The Bertz CT molecular complexity index is 401. The molecule has 0 saturated carbocycles. The van der Waals surface area contributed by atoms with Crippen molar-refractivity contribution in [1.29, 1.82) is 0 Å². The van der Waals surface area contributed by atoms with Crippen LogP contribution in [0.2, 0.25) is 5.02 Å². The summed E-state index contributed by atoms with van der Waals surface area (Å²) in [4.78, 5) is 11.5. The third-order valence-electron chi connectivity index (χ3n) is 2.72. The molecule has 1 saturated heterocycles. The second-order valence-electron chi connectivity index (χ2n) is 3.86. The summed E-state index contributed by atoms with van der Waals surface area (Å²) in [5.41, 5.74) is 0.381. The molecule has 0 bridgehead atoms. The van der Waals surface area contributed by atoms with Crippen molar-refractivity contribution in [1.82, 2.24) is 0 Å². The van der Waals surface area contributed by atoms with E-state index in [-0.39, 0.29) is 5.97 Å². The van der Waals surface area contributed by atoms with Crippen molar-refractivity contribution in [2.75, 3.05) is 6.61 Å². The zero-order valence-corrected chi connectivity index (χ0v) is 9.95. The summed E-state index contributed by atoms with van der Waals surface area (Å²) >= 11 is 5.80. The van der Waals surface area contributed by atoms with Crippen LogP contribution in [0.15, 0.2) is 24.3 Å². The standard InChI is InChI=1S/C12H13ClO3/c1-3-15-11(14)10-12(2,16-10)8-4-6-9(13)7-5-8/h4-7,10H,3H2,1-2H3/t10-,12+/m0/s1. The van der Waals surface area contributed by atoms with E-state index in [0.29, 0.717) is 11.6 Å². The summed E-state index contributed by atoms with van der Waals surface area (Å²) in [6.45, 7) is 4.02. The molecule has 16 heavy (non-hydrogen) atoms. The van der Waals surface area contributed by atoms with E-state index in [1.54, 1.807) is 19.1 Å². The summed E-state index contributed by atoms with van der Waals surface area (Å²) in [6.07, 6.45) is -0.492. The van der Waals surface area contributed by atoms with Gasteiger partial charge in [-0.1, -0.05) is 23.7 Å². The number of hydrogen-bond acceptors (Lipinski definition) is 3. The Hall–Kier alpha value is -1.06. The van der Waals surface area contributed by atoms with Crippen LogP contribution in [0.5, 0.6) is 0 Å². The molecule has 0 unspecified atom stereocenters. The third kappa shape index (κ3) is 1.93. The van der Waals surface area contributed by atoms with Gasteiger partial charge >= 0.3 is 5.97 Å². The van der Waals surface area contributed by atoms with Crippen LogP contribution >= 0.6 is 11.6 Å². The summed E-state index contributed by atoms with van der Waals surface area (Å²) in [6, 6.07) is 7.29. The lowest BCUT2D eigenvalue weighted by Crippen LogP contribution is -2.18. The molecule has 1 aromatic rings. The molecule has 0 aromatic heterocycles. The minimum absolute atomic E-state index is 0.306. The number of rotatable bonds is 3. The summed E-state index contributed by atoms with van der Waals surface area (Å²) in [5, 5.41) is 0.667. The van der Waals surface area contributed by atoms with Crippen LogP contribution in [0.3, 0.4) is 0 Å². The van der Waals surface area contributed by atoms with Crippen LogP contribution in [0, 0.1) is 0 Å². The van der Waals surface area contributed by atoms with E-state index in [0.717, 1.165) is 5.56 Å². The fourth-order valence-corrected chi connectivity index (χ4v) is 1.83. The number of carbonyl (C=O) groups excluding carboxylic acids is 1. The molecule has 2 rings (SSSR count). The highest BCUT2D eigenvalue weighted by Crippen LogP contribution is 2.46. The first-order valence-electron chi connectivity index (χ1n) is 5.18. The smallest absolute Gasteiger partial charge is 0.338 e. The maximum absolute atomic E-state index is 11.5. The maximum atomic E-state index is 11.5. The molecular weight excluding hydrogens is 228 g/mol. The Morgan fingerprint density at radius 2 is 2.12 bits per heavy atom. The zero-order valence-electron chi connectivity index (χ0n) is 9.20. The minimum Gasteiger partial charge on any atom is -0.464 e. The Morgan fingerprint density at radius 1 is 1.50 bits per heavy atom. The second kappa shape index (κ2) is 4.07. The highest BCUT2D eigenvalue weighted by molar-refractivity contribution is 6.30. The van der Waals surface area contributed by atoms with E-state index in [4.69, 9.17) is 21.1 Å². The summed E-state index contributed by atoms with van der Waals surface area (Å²) in [7, 11) is 0. The van der Waals surface area contributed by atoms with Crippen molar-refractivity contribution in [2.24, 2.45) is 0 Å². The van der Waals surface area contributed by atoms with Crippen molar-refractivity contribution < 1.29 is 14.3 Å². The normalized spacial score (nSPS) is 27.6. The topological polar surface area (TPSA) is 38.8 Å². The number of epoxide rings is 1. The summed E-state index contributed by atoms with van der Waals surface area (Å²) in [5.74, 6) is -0.306. The number of benzene rings is 1. The Morgan fingerprint density at radius 3 is 2.69 bits per heavy atom. The molecule has 3 nitrogen and oxygen atoms in total. The lowest BCUT2D eigenvalue weighted by atomic mass is 9.97. The fraction of sp³-hybridized carbons (Fsp3) is 0.417. The van der Waals surface area contributed by atoms with Gasteiger partial charge in [0.25, 0.3) is 0 Å². The van der Waals surface area contributed by atoms with Crippen molar-refractivity contribution in [2.45, 2.75) is 25.6 Å². The maximum Gasteiger partial charge on any atom is 0.338 e. The zero-order chi connectivity index (χ0) is 11.8. The van der Waals surface area contributed by atoms with E-state index >= 15 is 0 Å². The largest absolute Gasteiger partial charge is 0.464 e. The molecule has 0 amide bonds. The van der Waals surface area contributed by atoms with Gasteiger partial charge in [-0.25, -0.2) is 4.79 Å². The van der Waals surface area contributed by atoms with Gasteiger partial charge in [0.2, 0.25) is 0 Å². The van der Waals surface area contributed by atoms with Crippen LogP contribution in [0.25, 0.3) is 0 Å². The van der Waals surface area contributed by atoms with Crippen LogP contribution in [0.1, 0.15) is 19.4 Å².